The number of carbonyl (C=O) groups excluding carboxylic acids is 1. The second-order valence-electron chi connectivity index (χ2n) is 4.14. The molecule has 0 fully saturated rings. The van der Waals surface area contributed by atoms with E-state index in [0.717, 1.165) is 11.1 Å². The van der Waals surface area contributed by atoms with Crippen molar-refractivity contribution >= 4 is 5.78 Å². The topological polar surface area (TPSA) is 69.1 Å². The summed E-state index contributed by atoms with van der Waals surface area (Å²) in [6, 6.07) is 14.8. The molecule has 0 heterocycles. The Labute approximate surface area is 106 Å². The number of carbonyl (C=O) groups is 1. The lowest BCUT2D eigenvalue weighted by molar-refractivity contribution is 0.103. The molecule has 0 bridgehead atoms. The van der Waals surface area contributed by atoms with E-state index in [0.29, 0.717) is 24.2 Å². The zero-order chi connectivity index (χ0) is 13.0. The Morgan fingerprint density at radius 1 is 0.833 bits per heavy atom. The smallest absolute Gasteiger partial charge is 0.193 e. The lowest BCUT2D eigenvalue weighted by Crippen LogP contribution is -2.05. The molecule has 0 saturated heterocycles. The molecule has 0 spiro atoms. The van der Waals surface area contributed by atoms with Gasteiger partial charge < -0.3 is 11.5 Å². The molecule has 0 saturated carbocycles. The molecule has 92 valence electrons. The Balaban J connectivity index is 2.34. The normalized spacial score (nSPS) is 10.3. The fraction of sp³-hybridized carbons (Fsp3) is 0.133. The van der Waals surface area contributed by atoms with Crippen LogP contribution in [0.1, 0.15) is 27.0 Å². The molecule has 2 aromatic rings. The van der Waals surface area contributed by atoms with E-state index in [1.165, 1.54) is 0 Å². The minimum atomic E-state index is 0.000556. The molecule has 0 aliphatic rings. The van der Waals surface area contributed by atoms with E-state index >= 15 is 0 Å². The van der Waals surface area contributed by atoms with E-state index in [1.54, 1.807) is 12.1 Å². The third-order valence-electron chi connectivity index (χ3n) is 2.85. The monoisotopic (exact) mass is 240 g/mol. The van der Waals surface area contributed by atoms with Crippen molar-refractivity contribution in [3.63, 3.8) is 0 Å². The first kappa shape index (κ1) is 12.5. The summed E-state index contributed by atoms with van der Waals surface area (Å²) in [5.74, 6) is 0.000556. The molecule has 2 aromatic carbocycles. The maximum atomic E-state index is 12.3. The van der Waals surface area contributed by atoms with Crippen molar-refractivity contribution in [3.8, 4) is 0 Å². The third-order valence-corrected chi connectivity index (χ3v) is 2.85. The number of nitrogens with two attached hydrogens (primary N) is 2. The molecule has 0 radical (unpaired) electrons. The van der Waals surface area contributed by atoms with Gasteiger partial charge in [0.1, 0.15) is 0 Å². The molecule has 0 atom stereocenters. The summed E-state index contributed by atoms with van der Waals surface area (Å²) in [5, 5.41) is 0. The van der Waals surface area contributed by atoms with E-state index < -0.39 is 0 Å². The average Bonchev–Trinajstić information content (AvgIpc) is 2.46. The first-order valence-electron chi connectivity index (χ1n) is 5.87. The highest BCUT2D eigenvalue weighted by Gasteiger charge is 2.09. The number of hydrogen-bond donors (Lipinski definition) is 2. The quantitative estimate of drug-likeness (QED) is 0.801. The van der Waals surface area contributed by atoms with Gasteiger partial charge in [-0.3, -0.25) is 4.79 Å². The van der Waals surface area contributed by atoms with Gasteiger partial charge in [-0.1, -0.05) is 36.4 Å². The highest BCUT2D eigenvalue weighted by atomic mass is 16.1. The zero-order valence-corrected chi connectivity index (χ0v) is 10.1. The summed E-state index contributed by atoms with van der Waals surface area (Å²) in [5.41, 5.74) is 14.4. The first-order chi connectivity index (χ1) is 8.74. The van der Waals surface area contributed by atoms with Crippen LogP contribution in [0.5, 0.6) is 0 Å². The van der Waals surface area contributed by atoms with Crippen molar-refractivity contribution in [1.29, 1.82) is 0 Å². The van der Waals surface area contributed by atoms with E-state index in [1.807, 2.05) is 36.4 Å². The van der Waals surface area contributed by atoms with Gasteiger partial charge in [-0.15, -0.1) is 0 Å². The summed E-state index contributed by atoms with van der Waals surface area (Å²) < 4.78 is 0. The molecule has 0 aliphatic heterocycles. The molecule has 0 unspecified atom stereocenters. The van der Waals surface area contributed by atoms with Crippen LogP contribution in [0.4, 0.5) is 0 Å². The SMILES string of the molecule is NCc1cccc(C(=O)c2cccc(CN)c2)c1. The maximum Gasteiger partial charge on any atom is 0.193 e. The highest BCUT2D eigenvalue weighted by Crippen LogP contribution is 2.13. The molecule has 18 heavy (non-hydrogen) atoms. The Hall–Kier alpha value is -1.97. The number of benzene rings is 2. The van der Waals surface area contributed by atoms with Crippen LogP contribution in [-0.4, -0.2) is 5.78 Å². The predicted molar refractivity (Wildman–Crippen MR) is 72.1 cm³/mol. The van der Waals surface area contributed by atoms with Crippen molar-refractivity contribution in [2.45, 2.75) is 13.1 Å². The van der Waals surface area contributed by atoms with Gasteiger partial charge >= 0.3 is 0 Å². The van der Waals surface area contributed by atoms with E-state index in [4.69, 9.17) is 11.5 Å². The molecule has 0 aromatic heterocycles. The molecule has 0 aliphatic carbocycles. The molecule has 3 heteroatoms. The Morgan fingerprint density at radius 3 is 1.67 bits per heavy atom. The maximum absolute atomic E-state index is 12.3. The summed E-state index contributed by atoms with van der Waals surface area (Å²) in [7, 11) is 0. The van der Waals surface area contributed by atoms with Crippen molar-refractivity contribution in [1.82, 2.24) is 0 Å². The van der Waals surface area contributed by atoms with Gasteiger partial charge in [-0.25, -0.2) is 0 Å². The van der Waals surface area contributed by atoms with Crippen LogP contribution < -0.4 is 11.5 Å². The lowest BCUT2D eigenvalue weighted by Gasteiger charge is -2.05. The van der Waals surface area contributed by atoms with Gasteiger partial charge in [-0.05, 0) is 23.3 Å². The second kappa shape index (κ2) is 5.58. The number of ketones is 1. The van der Waals surface area contributed by atoms with Gasteiger partial charge in [-0.2, -0.15) is 0 Å². The van der Waals surface area contributed by atoms with Gasteiger partial charge in [0.05, 0.1) is 0 Å². The fourth-order valence-corrected chi connectivity index (χ4v) is 1.85. The van der Waals surface area contributed by atoms with Crippen molar-refractivity contribution in [3.05, 3.63) is 70.8 Å². The van der Waals surface area contributed by atoms with Crippen LogP contribution in [0.25, 0.3) is 0 Å². The van der Waals surface area contributed by atoms with Crippen LogP contribution in [0.15, 0.2) is 48.5 Å². The third kappa shape index (κ3) is 2.64. The largest absolute Gasteiger partial charge is 0.326 e. The molecule has 4 N–H and O–H groups in total. The van der Waals surface area contributed by atoms with Crippen LogP contribution in [-0.2, 0) is 13.1 Å². The van der Waals surface area contributed by atoms with Gasteiger partial charge in [0, 0.05) is 24.2 Å². The van der Waals surface area contributed by atoms with E-state index in [2.05, 4.69) is 0 Å². The molecule has 3 nitrogen and oxygen atoms in total. The fourth-order valence-electron chi connectivity index (χ4n) is 1.85. The average molecular weight is 240 g/mol. The van der Waals surface area contributed by atoms with Crippen LogP contribution >= 0.6 is 0 Å². The molecule has 2 rings (SSSR count). The Kier molecular flexibility index (Phi) is 3.87. The summed E-state index contributed by atoms with van der Waals surface area (Å²) in [4.78, 5) is 12.3. The minimum absolute atomic E-state index is 0.000556. The molecular formula is C15H16N2O. The van der Waals surface area contributed by atoms with E-state index in [-0.39, 0.29) is 5.78 Å². The Bertz CT molecular complexity index is 514. The molecular weight excluding hydrogens is 224 g/mol. The number of hydrogen-bond acceptors (Lipinski definition) is 3. The molecule has 0 amide bonds. The summed E-state index contributed by atoms with van der Waals surface area (Å²) in [6.45, 7) is 0.869. The minimum Gasteiger partial charge on any atom is -0.326 e. The van der Waals surface area contributed by atoms with Gasteiger partial charge in [0.15, 0.2) is 5.78 Å². The summed E-state index contributed by atoms with van der Waals surface area (Å²) >= 11 is 0. The zero-order valence-electron chi connectivity index (χ0n) is 10.1. The standard InChI is InChI=1S/C15H16N2O/c16-9-11-3-1-5-13(7-11)15(18)14-6-2-4-12(8-14)10-17/h1-8H,9-10,16-17H2. The van der Waals surface area contributed by atoms with Gasteiger partial charge in [0.2, 0.25) is 0 Å². The lowest BCUT2D eigenvalue weighted by atomic mass is 10.00. The van der Waals surface area contributed by atoms with Crippen LogP contribution in [0.3, 0.4) is 0 Å². The highest BCUT2D eigenvalue weighted by molar-refractivity contribution is 6.09. The van der Waals surface area contributed by atoms with Crippen molar-refractivity contribution in [2.75, 3.05) is 0 Å². The van der Waals surface area contributed by atoms with Gasteiger partial charge in [0.25, 0.3) is 0 Å². The summed E-state index contributed by atoms with van der Waals surface area (Å²) in [6.07, 6.45) is 0. The van der Waals surface area contributed by atoms with Crippen LogP contribution in [0, 0.1) is 0 Å². The number of rotatable bonds is 4. The first-order valence-corrected chi connectivity index (χ1v) is 5.87. The van der Waals surface area contributed by atoms with Crippen molar-refractivity contribution < 1.29 is 4.79 Å². The second-order valence-corrected chi connectivity index (χ2v) is 4.14. The Morgan fingerprint density at radius 2 is 1.28 bits per heavy atom. The predicted octanol–water partition coefficient (Wildman–Crippen LogP) is 1.84. The van der Waals surface area contributed by atoms with E-state index in [9.17, 15) is 4.79 Å². The van der Waals surface area contributed by atoms with Crippen molar-refractivity contribution in [2.24, 2.45) is 11.5 Å². The van der Waals surface area contributed by atoms with Crippen LogP contribution in [0.2, 0.25) is 0 Å².